The van der Waals surface area contributed by atoms with Crippen molar-refractivity contribution in [3.05, 3.63) is 77.9 Å². The Morgan fingerprint density at radius 1 is 1.09 bits per heavy atom. The summed E-state index contributed by atoms with van der Waals surface area (Å²) < 4.78 is 39.7. The molecule has 180 valence electrons. The third-order valence-corrected chi connectivity index (χ3v) is 5.08. The Hall–Kier alpha value is -3.82. The number of alkyl halides is 3. The van der Waals surface area contributed by atoms with Crippen LogP contribution >= 0.6 is 0 Å². The van der Waals surface area contributed by atoms with Crippen molar-refractivity contribution >= 4 is 17.6 Å². The van der Waals surface area contributed by atoms with E-state index in [2.05, 4.69) is 15.8 Å². The maximum Gasteiger partial charge on any atom is 0.434 e. The van der Waals surface area contributed by atoms with E-state index in [-0.39, 0.29) is 12.5 Å². The number of amides is 1. The molecule has 7 nitrogen and oxygen atoms in total. The summed E-state index contributed by atoms with van der Waals surface area (Å²) in [6, 6.07) is 13.6. The van der Waals surface area contributed by atoms with Crippen molar-refractivity contribution in [1.82, 2.24) is 15.0 Å². The smallest absolute Gasteiger partial charge is 0.378 e. The third kappa shape index (κ3) is 6.15. The lowest BCUT2D eigenvalue weighted by Crippen LogP contribution is -2.28. The van der Waals surface area contributed by atoms with Crippen molar-refractivity contribution in [2.45, 2.75) is 45.3 Å². The number of carbonyl (C=O) groups is 2. The number of carbonyl (C=O) groups excluding carboxylic acids is 2. The summed E-state index contributed by atoms with van der Waals surface area (Å²) in [6.07, 6.45) is -0.792. The summed E-state index contributed by atoms with van der Waals surface area (Å²) in [4.78, 5) is 32.2. The highest BCUT2D eigenvalue weighted by Gasteiger charge is 2.33. The summed E-state index contributed by atoms with van der Waals surface area (Å²) in [6.45, 7) is 3.64. The Balaban J connectivity index is 1.79. The van der Waals surface area contributed by atoms with Crippen LogP contribution in [0.4, 0.5) is 18.9 Å². The monoisotopic (exact) mass is 474 g/mol. The first-order valence-electron chi connectivity index (χ1n) is 10.8. The number of anilines is 1. The minimum atomic E-state index is -4.51. The van der Waals surface area contributed by atoms with Crippen LogP contribution in [-0.2, 0) is 15.8 Å². The standard InChI is InChI=1S/C24H25F3N4O3/c1-3-7-20(18-8-5-6-9-19(18)23(33)30-34-22(32)4-2)29-16-10-12-17(13-11-16)31-14-21(28-15-31)24(25,26)27/h5-6,8-15,20,29H,3-4,7H2,1-2H3,(H,30,33). The maximum absolute atomic E-state index is 12.8. The fourth-order valence-electron chi connectivity index (χ4n) is 3.37. The van der Waals surface area contributed by atoms with E-state index in [1.54, 1.807) is 43.3 Å². The molecular formula is C24H25F3N4O3. The molecule has 1 amide bonds. The normalized spacial score (nSPS) is 12.1. The molecule has 0 spiro atoms. The lowest BCUT2D eigenvalue weighted by atomic mass is 9.96. The molecule has 1 atom stereocenters. The molecule has 2 aromatic carbocycles. The van der Waals surface area contributed by atoms with Crippen LogP contribution in [0.3, 0.4) is 0 Å². The Labute approximate surface area is 194 Å². The second kappa shape index (κ2) is 10.9. The first-order valence-corrected chi connectivity index (χ1v) is 10.8. The highest BCUT2D eigenvalue weighted by molar-refractivity contribution is 5.96. The zero-order valence-corrected chi connectivity index (χ0v) is 18.7. The van der Waals surface area contributed by atoms with Crippen molar-refractivity contribution in [1.29, 1.82) is 0 Å². The molecular weight excluding hydrogens is 449 g/mol. The van der Waals surface area contributed by atoms with E-state index in [9.17, 15) is 22.8 Å². The van der Waals surface area contributed by atoms with Gasteiger partial charge in [-0.25, -0.2) is 9.78 Å². The molecule has 0 aliphatic carbocycles. The fraction of sp³-hybridized carbons (Fsp3) is 0.292. The van der Waals surface area contributed by atoms with E-state index in [0.717, 1.165) is 30.2 Å². The molecule has 2 N–H and O–H groups in total. The largest absolute Gasteiger partial charge is 0.434 e. The van der Waals surface area contributed by atoms with Crippen molar-refractivity contribution in [3.63, 3.8) is 0 Å². The van der Waals surface area contributed by atoms with Crippen molar-refractivity contribution in [2.75, 3.05) is 5.32 Å². The predicted molar refractivity (Wildman–Crippen MR) is 120 cm³/mol. The van der Waals surface area contributed by atoms with Gasteiger partial charge in [0.1, 0.15) is 0 Å². The number of nitrogens with one attached hydrogen (secondary N) is 2. The number of rotatable bonds is 8. The lowest BCUT2D eigenvalue weighted by Gasteiger charge is -2.22. The van der Waals surface area contributed by atoms with Gasteiger partial charge in [-0.05, 0) is 42.3 Å². The summed E-state index contributed by atoms with van der Waals surface area (Å²) in [5, 5.41) is 3.38. The van der Waals surface area contributed by atoms with Crippen LogP contribution < -0.4 is 10.8 Å². The molecule has 0 radical (unpaired) electrons. The highest BCUT2D eigenvalue weighted by Crippen LogP contribution is 2.29. The van der Waals surface area contributed by atoms with Gasteiger partial charge in [0.15, 0.2) is 5.69 Å². The summed E-state index contributed by atoms with van der Waals surface area (Å²) in [5.41, 5.74) is 3.57. The van der Waals surface area contributed by atoms with Crippen molar-refractivity contribution in [3.8, 4) is 5.69 Å². The Kier molecular flexibility index (Phi) is 7.93. The van der Waals surface area contributed by atoms with E-state index < -0.39 is 23.7 Å². The molecule has 0 aliphatic rings. The number of halogens is 3. The molecule has 0 aliphatic heterocycles. The SMILES string of the molecule is CCCC(Nc1ccc(-n2cnc(C(F)(F)F)c2)cc1)c1ccccc1C(=O)NOC(=O)CC. The second-order valence-corrected chi connectivity index (χ2v) is 7.54. The number of benzene rings is 2. The van der Waals surface area contributed by atoms with E-state index in [1.165, 1.54) is 4.57 Å². The molecule has 0 bridgehead atoms. The molecule has 34 heavy (non-hydrogen) atoms. The number of hydrogen-bond acceptors (Lipinski definition) is 5. The van der Waals surface area contributed by atoms with Crippen LogP contribution in [0, 0.1) is 0 Å². The van der Waals surface area contributed by atoms with E-state index >= 15 is 0 Å². The number of nitrogens with zero attached hydrogens (tertiary/aromatic N) is 2. The number of aromatic nitrogens is 2. The van der Waals surface area contributed by atoms with Gasteiger partial charge in [0.2, 0.25) is 0 Å². The van der Waals surface area contributed by atoms with Gasteiger partial charge in [0, 0.05) is 29.6 Å². The number of hydrogen-bond donors (Lipinski definition) is 2. The van der Waals surface area contributed by atoms with Crippen LogP contribution in [0.1, 0.15) is 60.8 Å². The van der Waals surface area contributed by atoms with E-state index in [0.29, 0.717) is 17.7 Å². The van der Waals surface area contributed by atoms with E-state index in [4.69, 9.17) is 4.84 Å². The second-order valence-electron chi connectivity index (χ2n) is 7.54. The number of imidazole rings is 1. The molecule has 3 rings (SSSR count). The molecule has 0 saturated heterocycles. The van der Waals surface area contributed by atoms with Crippen LogP contribution in [0.5, 0.6) is 0 Å². The average Bonchev–Trinajstić information content (AvgIpc) is 3.33. The molecule has 0 fully saturated rings. The molecule has 10 heteroatoms. The molecule has 0 saturated carbocycles. The topological polar surface area (TPSA) is 85.2 Å². The van der Waals surface area contributed by atoms with Crippen molar-refractivity contribution in [2.24, 2.45) is 0 Å². The minimum Gasteiger partial charge on any atom is -0.378 e. The third-order valence-electron chi connectivity index (χ3n) is 5.08. The molecule has 1 heterocycles. The van der Waals surface area contributed by atoms with E-state index in [1.807, 2.05) is 19.1 Å². The highest BCUT2D eigenvalue weighted by atomic mass is 19.4. The predicted octanol–water partition coefficient (Wildman–Crippen LogP) is 5.44. The minimum absolute atomic E-state index is 0.133. The first kappa shape index (κ1) is 24.8. The van der Waals surface area contributed by atoms with Gasteiger partial charge in [-0.1, -0.05) is 38.5 Å². The van der Waals surface area contributed by atoms with Gasteiger partial charge in [0.25, 0.3) is 5.91 Å². The first-order chi connectivity index (χ1) is 16.2. The molecule has 3 aromatic rings. The van der Waals surface area contributed by atoms with Gasteiger partial charge in [-0.2, -0.15) is 18.7 Å². The molecule has 1 unspecified atom stereocenters. The fourth-order valence-corrected chi connectivity index (χ4v) is 3.37. The van der Waals surface area contributed by atoms with Crippen LogP contribution in [0.15, 0.2) is 61.1 Å². The maximum atomic E-state index is 12.8. The van der Waals surface area contributed by atoms with Crippen LogP contribution in [0.25, 0.3) is 5.69 Å². The lowest BCUT2D eigenvalue weighted by molar-refractivity contribution is -0.148. The number of hydroxylamine groups is 1. The summed E-state index contributed by atoms with van der Waals surface area (Å²) in [7, 11) is 0. The Morgan fingerprint density at radius 2 is 1.79 bits per heavy atom. The zero-order chi connectivity index (χ0) is 24.7. The summed E-state index contributed by atoms with van der Waals surface area (Å²) in [5.74, 6) is -1.08. The average molecular weight is 474 g/mol. The Bertz CT molecular complexity index is 1130. The van der Waals surface area contributed by atoms with Gasteiger partial charge in [0.05, 0.1) is 12.4 Å². The van der Waals surface area contributed by atoms with Crippen LogP contribution in [-0.4, -0.2) is 21.4 Å². The van der Waals surface area contributed by atoms with Gasteiger partial charge in [-0.15, -0.1) is 0 Å². The van der Waals surface area contributed by atoms with Gasteiger partial charge >= 0.3 is 12.1 Å². The summed E-state index contributed by atoms with van der Waals surface area (Å²) >= 11 is 0. The Morgan fingerprint density at radius 3 is 2.41 bits per heavy atom. The zero-order valence-electron chi connectivity index (χ0n) is 18.7. The van der Waals surface area contributed by atoms with Crippen LogP contribution in [0.2, 0.25) is 0 Å². The quantitative estimate of drug-likeness (QED) is 0.425. The van der Waals surface area contributed by atoms with Gasteiger partial charge < -0.3 is 14.7 Å². The molecule has 1 aromatic heterocycles. The van der Waals surface area contributed by atoms with Crippen molar-refractivity contribution < 1.29 is 27.6 Å². The van der Waals surface area contributed by atoms with Gasteiger partial charge in [-0.3, -0.25) is 4.79 Å².